The average molecular weight is 272 g/mol. The number of methoxy groups -OCH3 is 1. The number of nitrogens with zero attached hydrogens (tertiary/aromatic N) is 1. The van der Waals surface area contributed by atoms with Crippen molar-refractivity contribution in [2.45, 2.75) is 43.8 Å². The highest BCUT2D eigenvalue weighted by Gasteiger charge is 2.38. The highest BCUT2D eigenvalue weighted by atomic mass is 16.5. The molecule has 2 unspecified atom stereocenters. The molecule has 2 N–H and O–H groups in total. The first-order chi connectivity index (χ1) is 9.31. The Bertz CT molecular complexity index is 239. The SMILES string of the molecule is COCCOCCOCCN1C2CCC1CC(N)C2. The summed E-state index contributed by atoms with van der Waals surface area (Å²) in [6, 6.07) is 1.83. The van der Waals surface area contributed by atoms with Gasteiger partial charge in [0, 0.05) is 31.8 Å². The first-order valence-corrected chi connectivity index (χ1v) is 7.47. The summed E-state index contributed by atoms with van der Waals surface area (Å²) in [5.41, 5.74) is 6.07. The van der Waals surface area contributed by atoms with Gasteiger partial charge in [0.15, 0.2) is 0 Å². The monoisotopic (exact) mass is 272 g/mol. The van der Waals surface area contributed by atoms with Crippen LogP contribution in [-0.2, 0) is 14.2 Å². The van der Waals surface area contributed by atoms with Crippen LogP contribution >= 0.6 is 0 Å². The molecule has 5 heteroatoms. The predicted molar refractivity (Wildman–Crippen MR) is 74.2 cm³/mol. The van der Waals surface area contributed by atoms with Crippen LogP contribution in [0, 0.1) is 0 Å². The summed E-state index contributed by atoms with van der Waals surface area (Å²) >= 11 is 0. The van der Waals surface area contributed by atoms with Crippen molar-refractivity contribution in [2.24, 2.45) is 5.73 Å². The third-order valence-electron chi connectivity index (χ3n) is 4.22. The van der Waals surface area contributed by atoms with Gasteiger partial charge in [-0.1, -0.05) is 0 Å². The number of hydrogen-bond acceptors (Lipinski definition) is 5. The molecule has 112 valence electrons. The van der Waals surface area contributed by atoms with Gasteiger partial charge in [-0.05, 0) is 25.7 Å². The zero-order chi connectivity index (χ0) is 13.5. The van der Waals surface area contributed by atoms with Crippen molar-refractivity contribution < 1.29 is 14.2 Å². The lowest BCUT2D eigenvalue weighted by atomic mass is 9.98. The molecule has 2 heterocycles. The Kier molecular flexibility index (Phi) is 6.53. The van der Waals surface area contributed by atoms with E-state index in [4.69, 9.17) is 19.9 Å². The summed E-state index contributed by atoms with van der Waals surface area (Å²) in [4.78, 5) is 2.61. The van der Waals surface area contributed by atoms with Gasteiger partial charge in [0.1, 0.15) is 0 Å². The molecule has 2 fully saturated rings. The highest BCUT2D eigenvalue weighted by Crippen LogP contribution is 2.34. The second kappa shape index (κ2) is 8.17. The van der Waals surface area contributed by atoms with E-state index in [1.165, 1.54) is 12.8 Å². The minimum Gasteiger partial charge on any atom is -0.382 e. The van der Waals surface area contributed by atoms with E-state index in [2.05, 4.69) is 4.90 Å². The second-order valence-electron chi connectivity index (χ2n) is 5.57. The third-order valence-corrected chi connectivity index (χ3v) is 4.22. The van der Waals surface area contributed by atoms with E-state index in [1.54, 1.807) is 7.11 Å². The van der Waals surface area contributed by atoms with Gasteiger partial charge in [0.05, 0.1) is 33.0 Å². The zero-order valence-corrected chi connectivity index (χ0v) is 12.1. The molecule has 19 heavy (non-hydrogen) atoms. The fraction of sp³-hybridized carbons (Fsp3) is 1.00. The van der Waals surface area contributed by atoms with Crippen molar-refractivity contribution in [1.82, 2.24) is 4.90 Å². The van der Waals surface area contributed by atoms with Crippen LogP contribution in [0.3, 0.4) is 0 Å². The number of nitrogens with two attached hydrogens (primary N) is 1. The van der Waals surface area contributed by atoms with Gasteiger partial charge < -0.3 is 19.9 Å². The largest absolute Gasteiger partial charge is 0.382 e. The molecule has 2 atom stereocenters. The lowest BCUT2D eigenvalue weighted by Gasteiger charge is -2.37. The van der Waals surface area contributed by atoms with Gasteiger partial charge in [-0.15, -0.1) is 0 Å². The van der Waals surface area contributed by atoms with Crippen molar-refractivity contribution in [3.05, 3.63) is 0 Å². The molecule has 0 aromatic rings. The van der Waals surface area contributed by atoms with E-state index in [1.807, 2.05) is 0 Å². The molecule has 2 saturated heterocycles. The predicted octanol–water partition coefficient (Wildman–Crippen LogP) is 0.620. The molecule has 0 aromatic heterocycles. The van der Waals surface area contributed by atoms with E-state index in [0.29, 0.717) is 44.6 Å². The van der Waals surface area contributed by atoms with Gasteiger partial charge >= 0.3 is 0 Å². The Morgan fingerprint density at radius 1 is 0.947 bits per heavy atom. The third kappa shape index (κ3) is 4.68. The fourth-order valence-electron chi connectivity index (χ4n) is 3.32. The highest BCUT2D eigenvalue weighted by molar-refractivity contribution is 4.96. The maximum atomic E-state index is 6.07. The number of rotatable bonds is 9. The van der Waals surface area contributed by atoms with E-state index in [9.17, 15) is 0 Å². The molecule has 0 aliphatic carbocycles. The van der Waals surface area contributed by atoms with Crippen LogP contribution in [0.15, 0.2) is 0 Å². The van der Waals surface area contributed by atoms with E-state index in [-0.39, 0.29) is 0 Å². The van der Waals surface area contributed by atoms with Crippen molar-refractivity contribution in [3.8, 4) is 0 Å². The lowest BCUT2D eigenvalue weighted by Crippen LogP contribution is -2.48. The van der Waals surface area contributed by atoms with Crippen LogP contribution < -0.4 is 5.73 Å². The molecular weight excluding hydrogens is 244 g/mol. The van der Waals surface area contributed by atoms with Gasteiger partial charge in [-0.3, -0.25) is 4.90 Å². The average Bonchev–Trinajstić information content (AvgIpc) is 2.64. The summed E-state index contributed by atoms with van der Waals surface area (Å²) in [6.07, 6.45) is 4.96. The first kappa shape index (κ1) is 15.2. The van der Waals surface area contributed by atoms with Crippen LogP contribution in [0.1, 0.15) is 25.7 Å². The number of hydrogen-bond donors (Lipinski definition) is 1. The Labute approximate surface area is 116 Å². The quantitative estimate of drug-likeness (QED) is 0.624. The number of piperidine rings is 1. The van der Waals surface area contributed by atoms with Gasteiger partial charge in [-0.25, -0.2) is 0 Å². The maximum absolute atomic E-state index is 6.07. The molecule has 0 aromatic carbocycles. The Balaban J connectivity index is 1.50. The number of ether oxygens (including phenoxy) is 3. The van der Waals surface area contributed by atoms with Gasteiger partial charge in [0.2, 0.25) is 0 Å². The molecule has 5 nitrogen and oxygen atoms in total. The van der Waals surface area contributed by atoms with Crippen LogP contribution in [0.4, 0.5) is 0 Å². The second-order valence-corrected chi connectivity index (χ2v) is 5.57. The van der Waals surface area contributed by atoms with E-state index in [0.717, 1.165) is 26.0 Å². The molecule has 0 amide bonds. The fourth-order valence-corrected chi connectivity index (χ4v) is 3.32. The smallest absolute Gasteiger partial charge is 0.0701 e. The Morgan fingerprint density at radius 3 is 2.16 bits per heavy atom. The van der Waals surface area contributed by atoms with Gasteiger partial charge in [-0.2, -0.15) is 0 Å². The zero-order valence-electron chi connectivity index (χ0n) is 12.1. The summed E-state index contributed by atoms with van der Waals surface area (Å²) < 4.78 is 15.9. The van der Waals surface area contributed by atoms with E-state index < -0.39 is 0 Å². The van der Waals surface area contributed by atoms with Crippen molar-refractivity contribution in [3.63, 3.8) is 0 Å². The first-order valence-electron chi connectivity index (χ1n) is 7.47. The molecule has 0 radical (unpaired) electrons. The maximum Gasteiger partial charge on any atom is 0.0701 e. The summed E-state index contributed by atoms with van der Waals surface area (Å²) in [5.74, 6) is 0. The van der Waals surface area contributed by atoms with Crippen LogP contribution in [-0.4, -0.2) is 69.7 Å². The van der Waals surface area contributed by atoms with Crippen molar-refractivity contribution >= 4 is 0 Å². The standard InChI is InChI=1S/C14H28N2O3/c1-17-6-7-19-9-8-18-5-4-16-13-2-3-14(16)11-12(15)10-13/h12-14H,2-11,15H2,1H3. The minimum atomic E-state index is 0.420. The van der Waals surface area contributed by atoms with Crippen LogP contribution in [0.25, 0.3) is 0 Å². The summed E-state index contributed by atoms with van der Waals surface area (Å²) in [6.45, 7) is 4.47. The topological polar surface area (TPSA) is 57.0 Å². The molecule has 0 spiro atoms. The lowest BCUT2D eigenvalue weighted by molar-refractivity contribution is 0.0117. The normalized spacial score (nSPS) is 30.9. The van der Waals surface area contributed by atoms with Gasteiger partial charge in [0.25, 0.3) is 0 Å². The van der Waals surface area contributed by atoms with Crippen LogP contribution in [0.5, 0.6) is 0 Å². The minimum absolute atomic E-state index is 0.420. The molecule has 2 aliphatic rings. The summed E-state index contributed by atoms with van der Waals surface area (Å²) in [7, 11) is 1.68. The Hall–Kier alpha value is -0.200. The molecule has 0 saturated carbocycles. The molecule has 2 rings (SSSR count). The summed E-state index contributed by atoms with van der Waals surface area (Å²) in [5, 5.41) is 0. The van der Waals surface area contributed by atoms with Crippen molar-refractivity contribution in [1.29, 1.82) is 0 Å². The number of fused-ring (bicyclic) bond motifs is 2. The Morgan fingerprint density at radius 2 is 1.53 bits per heavy atom. The molecule has 2 bridgehead atoms. The van der Waals surface area contributed by atoms with E-state index >= 15 is 0 Å². The molecule has 2 aliphatic heterocycles. The van der Waals surface area contributed by atoms with Crippen LogP contribution in [0.2, 0.25) is 0 Å². The van der Waals surface area contributed by atoms with Crippen molar-refractivity contribution in [2.75, 3.05) is 46.7 Å². The molecular formula is C14H28N2O3.